The van der Waals surface area contributed by atoms with Crippen LogP contribution in [0.2, 0.25) is 0 Å². The molecule has 1 amide bonds. The van der Waals surface area contributed by atoms with Gasteiger partial charge in [0.25, 0.3) is 5.91 Å². The monoisotopic (exact) mass is 448 g/mol. The van der Waals surface area contributed by atoms with Crippen LogP contribution in [0.15, 0.2) is 53.7 Å². The van der Waals surface area contributed by atoms with Crippen molar-refractivity contribution >= 4 is 28.6 Å². The van der Waals surface area contributed by atoms with E-state index in [1.54, 1.807) is 30.2 Å². The molecule has 164 valence electrons. The Labute approximate surface area is 182 Å². The summed E-state index contributed by atoms with van der Waals surface area (Å²) in [6, 6.07) is 11.5. The lowest BCUT2D eigenvalue weighted by atomic mass is 10.1. The third kappa shape index (κ3) is 6.01. The van der Waals surface area contributed by atoms with Crippen molar-refractivity contribution in [2.24, 2.45) is 0 Å². The van der Waals surface area contributed by atoms with Crippen molar-refractivity contribution in [3.63, 3.8) is 0 Å². The van der Waals surface area contributed by atoms with Gasteiger partial charge in [-0.3, -0.25) is 14.7 Å². The van der Waals surface area contributed by atoms with E-state index < -0.39 is 12.7 Å². The van der Waals surface area contributed by atoms with Crippen LogP contribution >= 0.6 is 11.8 Å². The van der Waals surface area contributed by atoms with Gasteiger partial charge >= 0.3 is 6.18 Å². The Kier molecular flexibility index (Phi) is 6.52. The quantitative estimate of drug-likeness (QED) is 0.578. The highest BCUT2D eigenvalue weighted by Crippen LogP contribution is 2.31. The Bertz CT molecular complexity index is 994. The molecule has 1 saturated heterocycles. The number of nitrogens with zero attached hydrogens (tertiary/aromatic N) is 2. The molecule has 0 bridgehead atoms. The number of aromatic amines is 1. The maximum absolute atomic E-state index is 12.5. The van der Waals surface area contributed by atoms with Crippen molar-refractivity contribution in [1.82, 2.24) is 20.2 Å². The maximum atomic E-state index is 12.5. The molecule has 1 aliphatic rings. The molecule has 9 heteroatoms. The molecule has 4 rings (SSSR count). The van der Waals surface area contributed by atoms with E-state index in [4.69, 9.17) is 0 Å². The summed E-state index contributed by atoms with van der Waals surface area (Å²) in [4.78, 5) is 22.1. The fraction of sp³-hybridized carbons (Fsp3) is 0.364. The first-order valence-corrected chi connectivity index (χ1v) is 11.0. The van der Waals surface area contributed by atoms with E-state index >= 15 is 0 Å². The second-order valence-corrected chi connectivity index (χ2v) is 9.05. The number of amides is 1. The van der Waals surface area contributed by atoms with Crippen molar-refractivity contribution in [1.29, 1.82) is 0 Å². The topological polar surface area (TPSA) is 61.0 Å². The van der Waals surface area contributed by atoms with Gasteiger partial charge in [-0.1, -0.05) is 12.1 Å². The molecule has 5 nitrogen and oxygen atoms in total. The molecule has 3 aromatic rings. The Balaban J connectivity index is 1.24. The predicted molar refractivity (Wildman–Crippen MR) is 115 cm³/mol. The predicted octanol–water partition coefficient (Wildman–Crippen LogP) is 4.61. The van der Waals surface area contributed by atoms with Crippen molar-refractivity contribution < 1.29 is 18.0 Å². The van der Waals surface area contributed by atoms with E-state index in [2.05, 4.69) is 15.3 Å². The molecule has 1 aliphatic heterocycles. The molecule has 1 aromatic carbocycles. The second-order valence-electron chi connectivity index (χ2n) is 7.68. The number of hydrogen-bond acceptors (Lipinski definition) is 4. The summed E-state index contributed by atoms with van der Waals surface area (Å²) < 4.78 is 37.5. The number of thioether (sulfide) groups is 1. The van der Waals surface area contributed by atoms with Crippen molar-refractivity contribution in [2.45, 2.75) is 35.7 Å². The minimum atomic E-state index is -4.13. The molecule has 2 N–H and O–H groups in total. The number of nitrogens with one attached hydrogen (secondary N) is 2. The summed E-state index contributed by atoms with van der Waals surface area (Å²) in [6.45, 7) is 0.545. The first-order chi connectivity index (χ1) is 14.9. The number of halogens is 3. The van der Waals surface area contributed by atoms with E-state index in [9.17, 15) is 18.0 Å². The van der Waals surface area contributed by atoms with Crippen LogP contribution in [0, 0.1) is 0 Å². The Morgan fingerprint density at radius 3 is 2.61 bits per heavy atom. The van der Waals surface area contributed by atoms with Crippen LogP contribution in [-0.4, -0.2) is 51.8 Å². The van der Waals surface area contributed by atoms with E-state index in [1.165, 1.54) is 4.90 Å². The van der Waals surface area contributed by atoms with Gasteiger partial charge in [-0.25, -0.2) is 0 Å². The molecule has 2 aromatic heterocycles. The molecule has 0 radical (unpaired) electrons. The number of carbonyl (C=O) groups is 1. The zero-order chi connectivity index (χ0) is 21.8. The van der Waals surface area contributed by atoms with Crippen LogP contribution in [0.25, 0.3) is 10.9 Å². The average Bonchev–Trinajstić information content (AvgIpc) is 3.18. The van der Waals surface area contributed by atoms with Crippen LogP contribution in [0.1, 0.15) is 28.9 Å². The van der Waals surface area contributed by atoms with E-state index in [1.807, 2.05) is 30.3 Å². The molecular formula is C22H23F3N4OS. The molecule has 0 aliphatic carbocycles. The SMILES string of the molecule is O=C(NCc1ccc(SC2CCN(CC(F)(F)F)CC2)cc1)c1cc2cnccc2[nH]1. The number of rotatable bonds is 6. The van der Waals surface area contributed by atoms with E-state index in [-0.39, 0.29) is 5.91 Å². The number of likely N-dealkylation sites (tertiary alicyclic amines) is 1. The smallest absolute Gasteiger partial charge is 0.350 e. The van der Waals surface area contributed by atoms with Crippen molar-refractivity contribution in [3.05, 3.63) is 60.0 Å². The van der Waals surface area contributed by atoms with Crippen molar-refractivity contribution in [2.75, 3.05) is 19.6 Å². The molecule has 3 heterocycles. The highest BCUT2D eigenvalue weighted by Gasteiger charge is 2.32. The van der Waals surface area contributed by atoms with Gasteiger partial charge in [-0.15, -0.1) is 11.8 Å². The first-order valence-electron chi connectivity index (χ1n) is 10.1. The van der Waals surface area contributed by atoms with Crippen LogP contribution in [-0.2, 0) is 6.54 Å². The van der Waals surface area contributed by atoms with Crippen LogP contribution in [0.4, 0.5) is 13.2 Å². The summed E-state index contributed by atoms with van der Waals surface area (Å²) in [5, 5.41) is 4.12. The lowest BCUT2D eigenvalue weighted by Gasteiger charge is -2.32. The third-order valence-corrected chi connectivity index (χ3v) is 6.63. The fourth-order valence-corrected chi connectivity index (χ4v) is 4.81. The number of carbonyl (C=O) groups excluding carboxylic acids is 1. The van der Waals surface area contributed by atoms with Gasteiger partial charge in [0, 0.05) is 40.0 Å². The number of H-pyrrole nitrogens is 1. The summed E-state index contributed by atoms with van der Waals surface area (Å²) in [6.07, 6.45) is 0.749. The molecule has 0 saturated carbocycles. The average molecular weight is 449 g/mol. The standard InChI is InChI=1S/C22H23F3N4OS/c23-22(24,25)14-29-9-6-18(7-10-29)31-17-3-1-15(2-4-17)12-27-21(30)20-11-16-13-26-8-5-19(16)28-20/h1-5,8,11,13,18,28H,6-7,9-10,12,14H2,(H,27,30). The molecular weight excluding hydrogens is 425 g/mol. The lowest BCUT2D eigenvalue weighted by Crippen LogP contribution is -2.40. The highest BCUT2D eigenvalue weighted by molar-refractivity contribution is 8.00. The van der Waals surface area contributed by atoms with Gasteiger partial charge < -0.3 is 10.3 Å². The number of hydrogen-bond donors (Lipinski definition) is 2. The van der Waals surface area contributed by atoms with Crippen LogP contribution in [0.3, 0.4) is 0 Å². The van der Waals surface area contributed by atoms with Gasteiger partial charge in [0.15, 0.2) is 0 Å². The third-order valence-electron chi connectivity index (χ3n) is 5.28. The van der Waals surface area contributed by atoms with Gasteiger partial charge in [-0.2, -0.15) is 13.2 Å². The van der Waals surface area contributed by atoms with E-state index in [0.29, 0.717) is 30.6 Å². The Morgan fingerprint density at radius 2 is 1.94 bits per heavy atom. The molecule has 0 spiro atoms. The zero-order valence-electron chi connectivity index (χ0n) is 16.8. The maximum Gasteiger partial charge on any atom is 0.401 e. The number of fused-ring (bicyclic) bond motifs is 1. The number of pyridine rings is 1. The largest absolute Gasteiger partial charge is 0.401 e. The van der Waals surface area contributed by atoms with Crippen LogP contribution < -0.4 is 5.32 Å². The molecule has 0 unspecified atom stereocenters. The Hall–Kier alpha value is -2.52. The lowest BCUT2D eigenvalue weighted by molar-refractivity contribution is -0.147. The summed E-state index contributed by atoms with van der Waals surface area (Å²) in [5.74, 6) is -0.180. The second kappa shape index (κ2) is 9.32. The number of benzene rings is 1. The van der Waals surface area contributed by atoms with Gasteiger partial charge in [0.2, 0.25) is 0 Å². The molecule has 1 fully saturated rings. The summed E-state index contributed by atoms with van der Waals surface area (Å²) in [7, 11) is 0. The number of alkyl halides is 3. The zero-order valence-corrected chi connectivity index (χ0v) is 17.6. The number of piperidine rings is 1. The first kappa shape index (κ1) is 21.7. The molecule has 31 heavy (non-hydrogen) atoms. The normalized spacial score (nSPS) is 16.0. The number of aromatic nitrogens is 2. The van der Waals surface area contributed by atoms with Gasteiger partial charge in [-0.05, 0) is 55.8 Å². The highest BCUT2D eigenvalue weighted by atomic mass is 32.2. The summed E-state index contributed by atoms with van der Waals surface area (Å²) in [5.41, 5.74) is 2.34. The van der Waals surface area contributed by atoms with Crippen LogP contribution in [0.5, 0.6) is 0 Å². The van der Waals surface area contributed by atoms with E-state index in [0.717, 1.165) is 34.2 Å². The minimum Gasteiger partial charge on any atom is -0.350 e. The van der Waals surface area contributed by atoms with Gasteiger partial charge in [0.05, 0.1) is 6.54 Å². The van der Waals surface area contributed by atoms with Crippen molar-refractivity contribution in [3.8, 4) is 0 Å². The fourth-order valence-electron chi connectivity index (χ4n) is 3.69. The van der Waals surface area contributed by atoms with Gasteiger partial charge in [0.1, 0.15) is 5.69 Å². The minimum absolute atomic E-state index is 0.180. The summed E-state index contributed by atoms with van der Waals surface area (Å²) >= 11 is 1.71. The Morgan fingerprint density at radius 1 is 1.19 bits per heavy atom. The molecule has 0 atom stereocenters.